The third-order valence-electron chi connectivity index (χ3n) is 3.47. The van der Waals surface area contributed by atoms with Crippen LogP contribution < -0.4 is 19.6 Å². The predicted molar refractivity (Wildman–Crippen MR) is 99.3 cm³/mol. The van der Waals surface area contributed by atoms with Crippen LogP contribution in [-0.2, 0) is 0 Å². The number of non-ortho nitro benzene ring substituents is 1. The topological polar surface area (TPSA) is 112 Å². The molecule has 1 amide bonds. The summed E-state index contributed by atoms with van der Waals surface area (Å²) in [5.74, 6) is 0.684. The fourth-order valence-corrected chi connectivity index (χ4v) is 2.46. The molecule has 0 saturated carbocycles. The summed E-state index contributed by atoms with van der Waals surface area (Å²) in [6.07, 6.45) is 1.38. The molecule has 0 aromatic heterocycles. The third kappa shape index (κ3) is 4.64. The number of benzene rings is 2. The Morgan fingerprint density at radius 1 is 1.15 bits per heavy atom. The van der Waals surface area contributed by atoms with Gasteiger partial charge in [0.2, 0.25) is 5.75 Å². The highest BCUT2D eigenvalue weighted by atomic mass is 35.5. The van der Waals surface area contributed by atoms with Crippen molar-refractivity contribution in [2.24, 2.45) is 5.10 Å². The maximum absolute atomic E-state index is 12.1. The monoisotopic (exact) mass is 393 g/mol. The van der Waals surface area contributed by atoms with Gasteiger partial charge in [0.25, 0.3) is 11.6 Å². The van der Waals surface area contributed by atoms with E-state index in [2.05, 4.69) is 10.5 Å². The fraction of sp³-hybridized carbons (Fsp3) is 0.176. The van der Waals surface area contributed by atoms with Crippen LogP contribution in [0.4, 0.5) is 5.69 Å². The van der Waals surface area contributed by atoms with Crippen LogP contribution in [0.1, 0.15) is 15.9 Å². The van der Waals surface area contributed by atoms with Gasteiger partial charge in [-0.25, -0.2) is 5.43 Å². The number of rotatable bonds is 7. The number of halogens is 1. The molecule has 10 heteroatoms. The number of hydrazone groups is 1. The van der Waals surface area contributed by atoms with Gasteiger partial charge < -0.3 is 14.2 Å². The number of methoxy groups -OCH3 is 3. The Labute approximate surface area is 159 Å². The van der Waals surface area contributed by atoms with E-state index < -0.39 is 10.8 Å². The first-order valence-corrected chi connectivity index (χ1v) is 7.86. The zero-order valence-corrected chi connectivity index (χ0v) is 15.4. The number of carbonyl (C=O) groups excluding carboxylic acids is 1. The van der Waals surface area contributed by atoms with E-state index in [1.54, 1.807) is 12.1 Å². The first-order valence-electron chi connectivity index (χ1n) is 7.48. The summed E-state index contributed by atoms with van der Waals surface area (Å²) in [4.78, 5) is 22.2. The van der Waals surface area contributed by atoms with Crippen molar-refractivity contribution in [2.45, 2.75) is 0 Å². The number of nitro benzene ring substituents is 1. The summed E-state index contributed by atoms with van der Waals surface area (Å²) in [7, 11) is 4.45. The van der Waals surface area contributed by atoms with E-state index in [1.807, 2.05) is 0 Å². The minimum Gasteiger partial charge on any atom is -0.493 e. The van der Waals surface area contributed by atoms with Gasteiger partial charge >= 0.3 is 0 Å². The van der Waals surface area contributed by atoms with Gasteiger partial charge in [-0.05, 0) is 18.2 Å². The normalized spacial score (nSPS) is 10.5. The number of ether oxygens (including phenoxy) is 3. The van der Waals surface area contributed by atoms with Gasteiger partial charge in [0.1, 0.15) is 0 Å². The molecule has 0 saturated heterocycles. The van der Waals surface area contributed by atoms with Crippen molar-refractivity contribution in [1.29, 1.82) is 0 Å². The Hall–Kier alpha value is -3.33. The van der Waals surface area contributed by atoms with E-state index in [4.69, 9.17) is 25.8 Å². The SMILES string of the molecule is COc1cc(C=NNC(=O)c2ccc([N+](=O)[O-])cc2Cl)cc(OC)c1OC. The van der Waals surface area contributed by atoms with Crippen LogP contribution in [0.2, 0.25) is 5.02 Å². The summed E-state index contributed by atoms with van der Waals surface area (Å²) in [5.41, 5.74) is 2.74. The number of hydrogen-bond donors (Lipinski definition) is 1. The number of nitro groups is 1. The molecule has 0 atom stereocenters. The molecule has 27 heavy (non-hydrogen) atoms. The number of carbonyl (C=O) groups is 1. The summed E-state index contributed by atoms with van der Waals surface area (Å²) < 4.78 is 15.7. The van der Waals surface area contributed by atoms with E-state index in [-0.39, 0.29) is 16.3 Å². The molecule has 0 aliphatic carbocycles. The molecule has 0 aliphatic rings. The van der Waals surface area contributed by atoms with Crippen molar-refractivity contribution in [3.8, 4) is 17.2 Å². The van der Waals surface area contributed by atoms with E-state index in [0.29, 0.717) is 22.8 Å². The third-order valence-corrected chi connectivity index (χ3v) is 3.79. The van der Waals surface area contributed by atoms with Crippen LogP contribution in [0, 0.1) is 10.1 Å². The van der Waals surface area contributed by atoms with Gasteiger partial charge in [0.15, 0.2) is 11.5 Å². The molecule has 0 spiro atoms. The largest absolute Gasteiger partial charge is 0.493 e. The Bertz CT molecular complexity index is 875. The second kappa shape index (κ2) is 8.86. The van der Waals surface area contributed by atoms with Crippen LogP contribution in [0.3, 0.4) is 0 Å². The molecule has 0 radical (unpaired) electrons. The molecule has 2 aromatic rings. The van der Waals surface area contributed by atoms with Gasteiger partial charge in [-0.3, -0.25) is 14.9 Å². The minimum atomic E-state index is -0.612. The molecule has 0 unspecified atom stereocenters. The highest BCUT2D eigenvalue weighted by Gasteiger charge is 2.15. The van der Waals surface area contributed by atoms with Crippen molar-refractivity contribution in [3.05, 3.63) is 56.6 Å². The van der Waals surface area contributed by atoms with Crippen molar-refractivity contribution in [2.75, 3.05) is 21.3 Å². The minimum absolute atomic E-state index is 0.0512. The number of amides is 1. The summed E-state index contributed by atoms with van der Waals surface area (Å²) in [6, 6.07) is 6.83. The van der Waals surface area contributed by atoms with Gasteiger partial charge in [-0.15, -0.1) is 0 Å². The van der Waals surface area contributed by atoms with Crippen LogP contribution >= 0.6 is 11.6 Å². The molecule has 0 heterocycles. The van der Waals surface area contributed by atoms with Gasteiger partial charge in [0, 0.05) is 17.7 Å². The van der Waals surface area contributed by atoms with E-state index in [0.717, 1.165) is 6.07 Å². The van der Waals surface area contributed by atoms with Crippen molar-refractivity contribution in [1.82, 2.24) is 5.43 Å². The first-order chi connectivity index (χ1) is 12.9. The quantitative estimate of drug-likeness (QED) is 0.439. The molecule has 0 aliphatic heterocycles. The maximum atomic E-state index is 12.1. The Morgan fingerprint density at radius 3 is 2.26 bits per heavy atom. The van der Waals surface area contributed by atoms with Gasteiger partial charge in [-0.1, -0.05) is 11.6 Å². The summed E-state index contributed by atoms with van der Waals surface area (Å²) in [6.45, 7) is 0. The van der Waals surface area contributed by atoms with Crippen LogP contribution in [0.25, 0.3) is 0 Å². The lowest BCUT2D eigenvalue weighted by Crippen LogP contribution is -2.18. The fourth-order valence-electron chi connectivity index (χ4n) is 2.20. The summed E-state index contributed by atoms with van der Waals surface area (Å²) >= 11 is 5.91. The van der Waals surface area contributed by atoms with Crippen LogP contribution in [0.5, 0.6) is 17.2 Å². The highest BCUT2D eigenvalue weighted by molar-refractivity contribution is 6.34. The molecule has 0 bridgehead atoms. The van der Waals surface area contributed by atoms with E-state index >= 15 is 0 Å². The Morgan fingerprint density at radius 2 is 1.78 bits per heavy atom. The second-order valence-corrected chi connectivity index (χ2v) is 5.49. The van der Waals surface area contributed by atoms with Crippen molar-refractivity contribution in [3.63, 3.8) is 0 Å². The molecule has 1 N–H and O–H groups in total. The predicted octanol–water partition coefficient (Wildman–Crippen LogP) is 3.04. The number of hydrogen-bond acceptors (Lipinski definition) is 7. The standard InChI is InChI=1S/C17H16ClN3O6/c1-25-14-6-10(7-15(26-2)16(14)27-3)9-19-20-17(22)12-5-4-11(21(23)24)8-13(12)18/h4-9H,1-3H3,(H,20,22). The average Bonchev–Trinajstić information content (AvgIpc) is 2.66. The second-order valence-electron chi connectivity index (χ2n) is 5.08. The van der Waals surface area contributed by atoms with Gasteiger partial charge in [-0.2, -0.15) is 5.10 Å². The average molecular weight is 394 g/mol. The summed E-state index contributed by atoms with van der Waals surface area (Å²) in [5, 5.41) is 14.5. The molecule has 2 rings (SSSR count). The molecular formula is C17H16ClN3O6. The van der Waals surface area contributed by atoms with Crippen LogP contribution in [0.15, 0.2) is 35.4 Å². The van der Waals surface area contributed by atoms with Crippen molar-refractivity contribution >= 4 is 29.4 Å². The number of nitrogens with one attached hydrogen (secondary N) is 1. The molecule has 142 valence electrons. The molecule has 0 fully saturated rings. The first kappa shape index (κ1) is 20.0. The van der Waals surface area contributed by atoms with E-state index in [1.165, 1.54) is 39.7 Å². The smallest absolute Gasteiger partial charge is 0.272 e. The van der Waals surface area contributed by atoms with Gasteiger partial charge in [0.05, 0.1) is 43.1 Å². The highest BCUT2D eigenvalue weighted by Crippen LogP contribution is 2.37. The van der Waals surface area contributed by atoms with Crippen LogP contribution in [-0.4, -0.2) is 38.4 Å². The van der Waals surface area contributed by atoms with E-state index in [9.17, 15) is 14.9 Å². The molecule has 9 nitrogen and oxygen atoms in total. The van der Waals surface area contributed by atoms with Crippen molar-refractivity contribution < 1.29 is 23.9 Å². The lowest BCUT2D eigenvalue weighted by Gasteiger charge is -2.12. The lowest BCUT2D eigenvalue weighted by molar-refractivity contribution is -0.384. The zero-order chi connectivity index (χ0) is 20.0. The molecular weight excluding hydrogens is 378 g/mol. The Balaban J connectivity index is 2.18. The molecule has 2 aromatic carbocycles. The lowest BCUT2D eigenvalue weighted by atomic mass is 10.2. The zero-order valence-electron chi connectivity index (χ0n) is 14.7. The Kier molecular flexibility index (Phi) is 6.56. The maximum Gasteiger partial charge on any atom is 0.272 e. The number of nitrogens with zero attached hydrogens (tertiary/aromatic N) is 2.